The summed E-state index contributed by atoms with van der Waals surface area (Å²) in [5, 5.41) is 5.03. The molecule has 1 fully saturated rings. The Bertz CT molecular complexity index is 839. The molecule has 1 saturated heterocycles. The molecule has 2 rings (SSSR count). The van der Waals surface area contributed by atoms with Crippen molar-refractivity contribution in [2.24, 2.45) is 5.92 Å². The maximum absolute atomic E-state index is 13.3. The van der Waals surface area contributed by atoms with Crippen LogP contribution in [0.2, 0.25) is 0 Å². The van der Waals surface area contributed by atoms with Crippen LogP contribution < -0.4 is 10.6 Å². The first-order valence-corrected chi connectivity index (χ1v) is 9.92. The van der Waals surface area contributed by atoms with Gasteiger partial charge in [0.05, 0.1) is 18.0 Å². The first-order chi connectivity index (χ1) is 14.1. The standard InChI is InChI=1S/C18H21BBrFN2O7/c1-9(2)6-14(19-29-17(27)18(30-19)28-10(3)24)23-15(25)8-22-16(26)12-7-11(21)4-5-13(12)20/h4-5,7,9,14,18H,6,8H2,1-3H3,(H,22,26)(H,23,25)/t14-,18+/m0/s1. The molecule has 0 spiro atoms. The van der Waals surface area contributed by atoms with E-state index in [2.05, 4.69) is 26.6 Å². The van der Waals surface area contributed by atoms with Crippen molar-refractivity contribution < 1.29 is 37.6 Å². The predicted octanol–water partition coefficient (Wildman–Crippen LogP) is 1.34. The summed E-state index contributed by atoms with van der Waals surface area (Å²) in [5.41, 5.74) is 0.0406. The van der Waals surface area contributed by atoms with Gasteiger partial charge in [0.25, 0.3) is 12.2 Å². The zero-order valence-corrected chi connectivity index (χ0v) is 18.2. The normalized spacial score (nSPS) is 16.8. The van der Waals surface area contributed by atoms with E-state index in [0.717, 1.165) is 13.0 Å². The predicted molar refractivity (Wildman–Crippen MR) is 106 cm³/mol. The molecule has 9 nitrogen and oxygen atoms in total. The van der Waals surface area contributed by atoms with Gasteiger partial charge in [-0.2, -0.15) is 0 Å². The van der Waals surface area contributed by atoms with E-state index in [1.54, 1.807) is 0 Å². The number of carbonyl (C=O) groups is 4. The Morgan fingerprint density at radius 3 is 2.67 bits per heavy atom. The van der Waals surface area contributed by atoms with Crippen molar-refractivity contribution >= 4 is 46.8 Å². The first kappa shape index (κ1) is 23.8. The molecule has 2 atom stereocenters. The molecule has 0 saturated carbocycles. The number of carbonyl (C=O) groups excluding carboxylic acids is 4. The fourth-order valence-corrected chi connectivity index (χ4v) is 3.14. The smallest absolute Gasteiger partial charge is 0.504 e. The van der Waals surface area contributed by atoms with Gasteiger partial charge >= 0.3 is 19.1 Å². The molecular formula is C18H21BBrFN2O7. The molecule has 1 aromatic carbocycles. The molecule has 1 aromatic rings. The summed E-state index contributed by atoms with van der Waals surface area (Å²) in [4.78, 5) is 47.4. The summed E-state index contributed by atoms with van der Waals surface area (Å²) in [7, 11) is -1.15. The van der Waals surface area contributed by atoms with E-state index in [9.17, 15) is 23.6 Å². The first-order valence-electron chi connectivity index (χ1n) is 9.12. The van der Waals surface area contributed by atoms with Gasteiger partial charge in [-0.05, 0) is 46.5 Å². The minimum absolute atomic E-state index is 0.0406. The molecular weight excluding hydrogens is 466 g/mol. The highest BCUT2D eigenvalue weighted by molar-refractivity contribution is 9.10. The van der Waals surface area contributed by atoms with E-state index < -0.39 is 55.5 Å². The van der Waals surface area contributed by atoms with Crippen LogP contribution in [0.5, 0.6) is 0 Å². The molecule has 1 aliphatic rings. The van der Waals surface area contributed by atoms with Gasteiger partial charge in [-0.3, -0.25) is 14.4 Å². The number of ether oxygens (including phenoxy) is 1. The topological polar surface area (TPSA) is 120 Å². The van der Waals surface area contributed by atoms with Gasteiger partial charge in [0.1, 0.15) is 5.82 Å². The van der Waals surface area contributed by atoms with Crippen LogP contribution in [-0.4, -0.2) is 49.6 Å². The van der Waals surface area contributed by atoms with Crippen LogP contribution >= 0.6 is 15.9 Å². The lowest BCUT2D eigenvalue weighted by atomic mass is 9.74. The number of benzene rings is 1. The highest BCUT2D eigenvalue weighted by Crippen LogP contribution is 2.19. The Morgan fingerprint density at radius 1 is 1.33 bits per heavy atom. The van der Waals surface area contributed by atoms with Crippen molar-refractivity contribution in [3.8, 4) is 0 Å². The van der Waals surface area contributed by atoms with Crippen molar-refractivity contribution in [3.63, 3.8) is 0 Å². The van der Waals surface area contributed by atoms with Crippen molar-refractivity contribution in [1.29, 1.82) is 0 Å². The molecule has 0 unspecified atom stereocenters. The minimum Gasteiger partial charge on any atom is -0.504 e. The number of hydrogen-bond acceptors (Lipinski definition) is 7. The summed E-state index contributed by atoms with van der Waals surface area (Å²) >= 11 is 3.15. The molecule has 0 radical (unpaired) electrons. The van der Waals surface area contributed by atoms with Crippen molar-refractivity contribution in [3.05, 3.63) is 34.1 Å². The lowest BCUT2D eigenvalue weighted by molar-refractivity contribution is -0.170. The van der Waals surface area contributed by atoms with Crippen LogP contribution in [0.25, 0.3) is 0 Å². The summed E-state index contributed by atoms with van der Waals surface area (Å²) in [6, 6.07) is 3.62. The third-order valence-electron chi connectivity index (χ3n) is 3.94. The Labute approximate surface area is 181 Å². The Hall–Kier alpha value is -2.47. The number of halogens is 2. The van der Waals surface area contributed by atoms with Crippen LogP contribution in [0.15, 0.2) is 22.7 Å². The second-order valence-electron chi connectivity index (χ2n) is 6.99. The lowest BCUT2D eigenvalue weighted by Gasteiger charge is -2.21. The largest absolute Gasteiger partial charge is 0.554 e. The summed E-state index contributed by atoms with van der Waals surface area (Å²) in [6.07, 6.45) is -1.11. The Balaban J connectivity index is 1.97. The second kappa shape index (κ2) is 10.5. The minimum atomic E-state index is -1.50. The lowest BCUT2D eigenvalue weighted by Crippen LogP contribution is -2.51. The van der Waals surface area contributed by atoms with E-state index in [1.165, 1.54) is 12.1 Å². The van der Waals surface area contributed by atoms with Gasteiger partial charge in [-0.15, -0.1) is 0 Å². The molecule has 1 heterocycles. The van der Waals surface area contributed by atoms with Crippen LogP contribution in [0.3, 0.4) is 0 Å². The molecule has 2 amide bonds. The molecule has 1 aliphatic heterocycles. The fraction of sp³-hybridized carbons (Fsp3) is 0.444. The van der Waals surface area contributed by atoms with Crippen LogP contribution in [0.1, 0.15) is 37.6 Å². The highest BCUT2D eigenvalue weighted by Gasteiger charge is 2.47. The molecule has 0 bridgehead atoms. The van der Waals surface area contributed by atoms with Crippen LogP contribution in [0.4, 0.5) is 4.39 Å². The number of amides is 2. The van der Waals surface area contributed by atoms with Gasteiger partial charge in [-0.1, -0.05) is 13.8 Å². The van der Waals surface area contributed by atoms with Crippen molar-refractivity contribution in [1.82, 2.24) is 10.6 Å². The zero-order chi connectivity index (χ0) is 22.4. The average Bonchev–Trinajstić information content (AvgIpc) is 3.00. The van der Waals surface area contributed by atoms with E-state index in [1.807, 2.05) is 13.8 Å². The summed E-state index contributed by atoms with van der Waals surface area (Å²) in [6.45, 7) is 4.51. The Kier molecular flexibility index (Phi) is 8.36. The number of nitrogens with one attached hydrogen (secondary N) is 2. The van der Waals surface area contributed by atoms with Gasteiger partial charge in [0.2, 0.25) is 5.91 Å². The molecule has 0 aliphatic carbocycles. The molecule has 0 aromatic heterocycles. The van der Waals surface area contributed by atoms with E-state index >= 15 is 0 Å². The van der Waals surface area contributed by atoms with Gasteiger partial charge in [0, 0.05) is 11.4 Å². The monoisotopic (exact) mass is 486 g/mol. The van der Waals surface area contributed by atoms with Gasteiger partial charge in [0.15, 0.2) is 0 Å². The van der Waals surface area contributed by atoms with Crippen molar-refractivity contribution in [2.75, 3.05) is 6.54 Å². The van der Waals surface area contributed by atoms with E-state index in [4.69, 9.17) is 14.0 Å². The van der Waals surface area contributed by atoms with Crippen molar-refractivity contribution in [2.45, 2.75) is 39.4 Å². The summed E-state index contributed by atoms with van der Waals surface area (Å²) in [5.74, 6) is -4.03. The maximum atomic E-state index is 13.3. The third kappa shape index (κ3) is 6.80. The van der Waals surface area contributed by atoms with Gasteiger partial charge < -0.3 is 24.7 Å². The quantitative estimate of drug-likeness (QED) is 0.420. The van der Waals surface area contributed by atoms with Crippen LogP contribution in [-0.2, 0) is 28.4 Å². The van der Waals surface area contributed by atoms with E-state index in [0.29, 0.717) is 10.9 Å². The maximum Gasteiger partial charge on any atom is 0.554 e. The second-order valence-corrected chi connectivity index (χ2v) is 7.85. The zero-order valence-electron chi connectivity index (χ0n) is 16.6. The molecule has 30 heavy (non-hydrogen) atoms. The summed E-state index contributed by atoms with van der Waals surface area (Å²) < 4.78 is 28.8. The fourth-order valence-electron chi connectivity index (χ4n) is 2.71. The third-order valence-corrected chi connectivity index (χ3v) is 4.63. The molecule has 2 N–H and O–H groups in total. The highest BCUT2D eigenvalue weighted by atomic mass is 79.9. The number of hydrogen-bond donors (Lipinski definition) is 2. The van der Waals surface area contributed by atoms with Crippen LogP contribution in [0, 0.1) is 11.7 Å². The average molecular weight is 487 g/mol. The number of rotatable bonds is 8. The number of esters is 1. The van der Waals surface area contributed by atoms with Gasteiger partial charge in [-0.25, -0.2) is 9.18 Å². The SMILES string of the molecule is CC(=O)O[C@@H]1OB([C@H](CC(C)C)NC(=O)CNC(=O)c2cc(F)ccc2Br)OC1=O. The Morgan fingerprint density at radius 2 is 2.03 bits per heavy atom. The molecule has 162 valence electrons. The molecule has 12 heteroatoms. The van der Waals surface area contributed by atoms with E-state index in [-0.39, 0.29) is 11.5 Å².